The molecule has 1 aliphatic heterocycles. The van der Waals surface area contributed by atoms with E-state index in [0.717, 1.165) is 5.56 Å². The minimum atomic E-state index is -1.13. The fraction of sp³-hybridized carbons (Fsp3) is 0.208. The Morgan fingerprint density at radius 2 is 1.88 bits per heavy atom. The number of carboxylic acids is 1. The minimum absolute atomic E-state index is 0.170. The number of dihydropyridines is 1. The molecule has 8 heteroatoms. The van der Waals surface area contributed by atoms with Crippen LogP contribution in [0.2, 0.25) is 0 Å². The van der Waals surface area contributed by atoms with E-state index in [-0.39, 0.29) is 23.7 Å². The highest BCUT2D eigenvalue weighted by Crippen LogP contribution is 2.49. The van der Waals surface area contributed by atoms with Crippen molar-refractivity contribution >= 4 is 39.3 Å². The molecule has 7 nitrogen and oxygen atoms in total. The Bertz CT molecular complexity index is 1210. The molecule has 0 unspecified atom stereocenters. The van der Waals surface area contributed by atoms with Crippen LogP contribution in [0.3, 0.4) is 0 Å². The number of carbonyl (C=O) groups is 3. The molecule has 1 heterocycles. The summed E-state index contributed by atoms with van der Waals surface area (Å²) in [5, 5.41) is 12.3. The number of hydrogen-bond donors (Lipinski definition) is 2. The van der Waals surface area contributed by atoms with E-state index >= 15 is 0 Å². The zero-order chi connectivity index (χ0) is 23.0. The predicted molar refractivity (Wildman–Crippen MR) is 120 cm³/mol. The van der Waals surface area contributed by atoms with Crippen LogP contribution in [-0.2, 0) is 14.3 Å². The van der Waals surface area contributed by atoms with Gasteiger partial charge in [0.25, 0.3) is 0 Å². The van der Waals surface area contributed by atoms with E-state index in [1.54, 1.807) is 44.2 Å². The van der Waals surface area contributed by atoms with Crippen molar-refractivity contribution in [2.45, 2.75) is 19.8 Å². The number of allylic oxidation sites excluding steroid dienone is 2. The summed E-state index contributed by atoms with van der Waals surface area (Å²) in [5.41, 5.74) is 3.66. The van der Waals surface area contributed by atoms with E-state index in [0.29, 0.717) is 32.6 Å². The zero-order valence-electron chi connectivity index (χ0n) is 17.4. The van der Waals surface area contributed by atoms with Crippen LogP contribution in [0, 0.1) is 0 Å². The second kappa shape index (κ2) is 8.63. The van der Waals surface area contributed by atoms with Crippen molar-refractivity contribution < 1.29 is 29.0 Å². The minimum Gasteiger partial charge on any atom is -0.482 e. The molecule has 0 fully saturated rings. The first-order chi connectivity index (χ1) is 15.3. The first kappa shape index (κ1) is 21.8. The molecule has 0 amide bonds. The number of aliphatic carboxylic acids is 1. The molecule has 0 radical (unpaired) electrons. The van der Waals surface area contributed by atoms with Gasteiger partial charge in [-0.3, -0.25) is 4.79 Å². The van der Waals surface area contributed by atoms with Gasteiger partial charge in [-0.25, -0.2) is 9.59 Å². The van der Waals surface area contributed by atoms with Gasteiger partial charge in [-0.05, 0) is 32.0 Å². The number of Topliss-reactive ketones (excluding diaryl/α,β-unsaturated/α-hetero) is 1. The molecule has 2 aromatic carbocycles. The fourth-order valence-corrected chi connectivity index (χ4v) is 4.51. The van der Waals surface area contributed by atoms with Crippen LogP contribution in [-0.4, -0.2) is 36.0 Å². The van der Waals surface area contributed by atoms with E-state index in [4.69, 9.17) is 14.6 Å². The van der Waals surface area contributed by atoms with Crippen molar-refractivity contribution in [3.05, 3.63) is 80.5 Å². The molecule has 2 aromatic rings. The number of nitrogens with one attached hydrogen (secondary N) is 1. The van der Waals surface area contributed by atoms with Gasteiger partial charge in [0.2, 0.25) is 0 Å². The van der Waals surface area contributed by atoms with E-state index in [1.165, 1.54) is 0 Å². The van der Waals surface area contributed by atoms with Gasteiger partial charge in [0.05, 0.1) is 23.8 Å². The molecule has 0 saturated heterocycles. The molecule has 0 saturated carbocycles. The van der Waals surface area contributed by atoms with Crippen molar-refractivity contribution in [2.24, 2.45) is 0 Å². The SMILES string of the molecule is CCOC(=O)C1=C(C)NC2=C(C(=O)c3ccccc32)[C@H]1c1cc(Br)ccc1OCC(=O)O. The lowest BCUT2D eigenvalue weighted by Crippen LogP contribution is -2.29. The number of carbonyl (C=O) groups excluding carboxylic acids is 2. The molecule has 0 bridgehead atoms. The number of fused-ring (bicyclic) bond motifs is 2. The van der Waals surface area contributed by atoms with Crippen LogP contribution in [0.5, 0.6) is 5.75 Å². The molecule has 0 spiro atoms. The summed E-state index contributed by atoms with van der Waals surface area (Å²) in [6.45, 7) is 3.07. The number of ether oxygens (including phenoxy) is 2. The van der Waals surface area contributed by atoms with Crippen LogP contribution in [0.1, 0.15) is 41.3 Å². The van der Waals surface area contributed by atoms with E-state index in [2.05, 4.69) is 21.2 Å². The highest BCUT2D eigenvalue weighted by molar-refractivity contribution is 9.10. The topological polar surface area (TPSA) is 102 Å². The number of benzene rings is 2. The number of halogens is 1. The Balaban J connectivity index is 1.95. The summed E-state index contributed by atoms with van der Waals surface area (Å²) in [6.07, 6.45) is 0. The second-order valence-electron chi connectivity index (χ2n) is 7.35. The highest BCUT2D eigenvalue weighted by atomic mass is 79.9. The largest absolute Gasteiger partial charge is 0.482 e. The Labute approximate surface area is 192 Å². The van der Waals surface area contributed by atoms with Crippen LogP contribution in [0.15, 0.2) is 63.8 Å². The smallest absolute Gasteiger partial charge is 0.341 e. The standard InChI is InChI=1S/C24H20BrNO6/c1-3-31-24(30)19-12(2)26-22-14-6-4-5-7-15(14)23(29)21(22)20(19)16-10-13(25)8-9-17(16)32-11-18(27)28/h4-10,20,26H,3,11H2,1-2H3,(H,27,28)/t20-/m0/s1. The lowest BCUT2D eigenvalue weighted by Gasteiger charge is -2.30. The van der Waals surface area contributed by atoms with E-state index in [9.17, 15) is 14.4 Å². The normalized spacial score (nSPS) is 17.0. The number of ketones is 1. The van der Waals surface area contributed by atoms with Gasteiger partial charge < -0.3 is 19.9 Å². The van der Waals surface area contributed by atoms with Crippen molar-refractivity contribution in [2.75, 3.05) is 13.2 Å². The summed E-state index contributed by atoms with van der Waals surface area (Å²) in [5.74, 6) is -2.42. The third-order valence-corrected chi connectivity index (χ3v) is 5.87. The number of carboxylic acid groups (broad SMARTS) is 1. The Morgan fingerprint density at radius 3 is 2.56 bits per heavy atom. The van der Waals surface area contributed by atoms with Crippen LogP contribution in [0.25, 0.3) is 5.70 Å². The second-order valence-corrected chi connectivity index (χ2v) is 8.26. The fourth-order valence-electron chi connectivity index (χ4n) is 4.14. The maximum absolute atomic E-state index is 13.5. The van der Waals surface area contributed by atoms with Crippen molar-refractivity contribution in [3.8, 4) is 5.75 Å². The summed E-state index contributed by atoms with van der Waals surface area (Å²) < 4.78 is 11.6. The Morgan fingerprint density at radius 1 is 1.16 bits per heavy atom. The third kappa shape index (κ3) is 3.71. The van der Waals surface area contributed by atoms with Crippen molar-refractivity contribution in [3.63, 3.8) is 0 Å². The molecule has 1 atom stereocenters. The summed E-state index contributed by atoms with van der Waals surface area (Å²) in [6, 6.07) is 12.3. The highest BCUT2D eigenvalue weighted by Gasteiger charge is 2.44. The van der Waals surface area contributed by atoms with Crippen LogP contribution in [0.4, 0.5) is 0 Å². The molecule has 4 rings (SSSR count). The average molecular weight is 498 g/mol. The van der Waals surface area contributed by atoms with Gasteiger partial charge >= 0.3 is 11.9 Å². The first-order valence-corrected chi connectivity index (χ1v) is 10.8. The van der Waals surface area contributed by atoms with Gasteiger partial charge in [-0.1, -0.05) is 40.2 Å². The Kier molecular flexibility index (Phi) is 5.88. The monoisotopic (exact) mass is 497 g/mol. The molecular formula is C24H20BrNO6. The average Bonchev–Trinajstić information content (AvgIpc) is 3.04. The summed E-state index contributed by atoms with van der Waals surface area (Å²) in [4.78, 5) is 37.6. The molecule has 32 heavy (non-hydrogen) atoms. The number of rotatable bonds is 6. The van der Waals surface area contributed by atoms with E-state index < -0.39 is 24.5 Å². The maximum Gasteiger partial charge on any atom is 0.341 e. The first-order valence-electron chi connectivity index (χ1n) is 10.0. The quantitative estimate of drug-likeness (QED) is 0.580. The molecular weight excluding hydrogens is 478 g/mol. The summed E-state index contributed by atoms with van der Waals surface area (Å²) in [7, 11) is 0. The maximum atomic E-state index is 13.5. The third-order valence-electron chi connectivity index (χ3n) is 5.38. The molecule has 2 aliphatic rings. The molecule has 164 valence electrons. The van der Waals surface area contributed by atoms with Crippen LogP contribution < -0.4 is 10.1 Å². The van der Waals surface area contributed by atoms with Gasteiger partial charge in [0.15, 0.2) is 12.4 Å². The van der Waals surface area contributed by atoms with E-state index in [1.807, 2.05) is 12.1 Å². The zero-order valence-corrected chi connectivity index (χ0v) is 19.0. The lowest BCUT2D eigenvalue weighted by atomic mass is 9.79. The lowest BCUT2D eigenvalue weighted by molar-refractivity contribution is -0.140. The van der Waals surface area contributed by atoms with Crippen LogP contribution >= 0.6 is 15.9 Å². The number of hydrogen-bond acceptors (Lipinski definition) is 6. The van der Waals surface area contributed by atoms with Gasteiger partial charge in [0.1, 0.15) is 5.75 Å². The van der Waals surface area contributed by atoms with Crippen molar-refractivity contribution in [1.29, 1.82) is 0 Å². The molecule has 0 aromatic heterocycles. The number of esters is 1. The Hall–Kier alpha value is -3.39. The van der Waals surface area contributed by atoms with Gasteiger partial charge in [0, 0.05) is 32.4 Å². The predicted octanol–water partition coefficient (Wildman–Crippen LogP) is 4.04. The molecule has 2 N–H and O–H groups in total. The molecule has 1 aliphatic carbocycles. The van der Waals surface area contributed by atoms with Gasteiger partial charge in [-0.2, -0.15) is 0 Å². The van der Waals surface area contributed by atoms with Gasteiger partial charge in [-0.15, -0.1) is 0 Å². The van der Waals surface area contributed by atoms with Crippen molar-refractivity contribution in [1.82, 2.24) is 5.32 Å². The summed E-state index contributed by atoms with van der Waals surface area (Å²) >= 11 is 3.44.